The van der Waals surface area contributed by atoms with E-state index >= 15 is 0 Å². The molecule has 1 heterocycles. The Bertz CT molecular complexity index is 446. The van der Waals surface area contributed by atoms with Crippen LogP contribution < -0.4 is 16.4 Å². The molecule has 1 aliphatic carbocycles. The summed E-state index contributed by atoms with van der Waals surface area (Å²) in [6, 6.07) is 0. The van der Waals surface area contributed by atoms with Gasteiger partial charge in [-0.3, -0.25) is 4.79 Å². The molecule has 1 aromatic heterocycles. The average molecular weight is 282 g/mol. The molecule has 1 aliphatic rings. The van der Waals surface area contributed by atoms with Gasteiger partial charge in [-0.15, -0.1) is 0 Å². The molecule has 4 N–H and O–H groups in total. The second-order valence-corrected chi connectivity index (χ2v) is 6.14. The zero-order chi connectivity index (χ0) is 13.8. The van der Waals surface area contributed by atoms with Gasteiger partial charge in [0.25, 0.3) is 5.91 Å². The van der Waals surface area contributed by atoms with E-state index < -0.39 is 0 Å². The summed E-state index contributed by atoms with van der Waals surface area (Å²) in [5, 5.41) is 6.74. The molecule has 0 spiro atoms. The maximum absolute atomic E-state index is 11.8. The summed E-state index contributed by atoms with van der Waals surface area (Å²) in [4.78, 5) is 11.8. The lowest BCUT2D eigenvalue weighted by Crippen LogP contribution is -2.23. The lowest BCUT2D eigenvalue weighted by atomic mass is 9.82. The van der Waals surface area contributed by atoms with Crippen molar-refractivity contribution in [1.82, 2.24) is 9.69 Å². The van der Waals surface area contributed by atoms with Crippen LogP contribution in [0.15, 0.2) is 0 Å². The van der Waals surface area contributed by atoms with Gasteiger partial charge in [-0.2, -0.15) is 4.37 Å². The molecule has 1 fully saturated rings. The maximum Gasteiger partial charge on any atom is 0.257 e. The van der Waals surface area contributed by atoms with Crippen molar-refractivity contribution in [2.24, 2.45) is 11.8 Å². The first-order chi connectivity index (χ1) is 9.11. The summed E-state index contributed by atoms with van der Waals surface area (Å²) >= 11 is 1.26. The molecule has 0 saturated heterocycles. The molecule has 1 saturated carbocycles. The van der Waals surface area contributed by atoms with Gasteiger partial charge >= 0.3 is 0 Å². The van der Waals surface area contributed by atoms with Gasteiger partial charge in [0, 0.05) is 13.6 Å². The van der Waals surface area contributed by atoms with E-state index in [9.17, 15) is 4.79 Å². The fourth-order valence-corrected chi connectivity index (χ4v) is 3.47. The summed E-state index contributed by atoms with van der Waals surface area (Å²) in [7, 11) is 1.60. The van der Waals surface area contributed by atoms with E-state index in [2.05, 4.69) is 21.9 Å². The molecular weight excluding hydrogens is 260 g/mol. The highest BCUT2D eigenvalue weighted by Gasteiger charge is 2.21. The number of rotatable bonds is 4. The second-order valence-electron chi connectivity index (χ2n) is 5.37. The molecule has 0 aliphatic heterocycles. The number of anilines is 2. The average Bonchev–Trinajstić information content (AvgIpc) is 2.77. The van der Waals surface area contributed by atoms with Gasteiger partial charge in [0.1, 0.15) is 10.6 Å². The Labute approximate surface area is 118 Å². The van der Waals surface area contributed by atoms with Crippen molar-refractivity contribution < 1.29 is 4.79 Å². The summed E-state index contributed by atoms with van der Waals surface area (Å²) < 4.78 is 4.06. The number of hydrogen-bond acceptors (Lipinski definition) is 5. The predicted molar refractivity (Wildman–Crippen MR) is 79.5 cm³/mol. The molecule has 1 aromatic rings. The van der Waals surface area contributed by atoms with E-state index in [1.807, 2.05) is 0 Å². The number of nitrogen functional groups attached to an aromatic ring is 1. The highest BCUT2D eigenvalue weighted by atomic mass is 32.1. The minimum absolute atomic E-state index is 0.175. The van der Waals surface area contributed by atoms with E-state index in [1.54, 1.807) is 7.05 Å². The SMILES string of the molecule is CNC(=O)c1c(N)nsc1NCC1CCCC(C)C1. The summed E-state index contributed by atoms with van der Waals surface area (Å²) in [6.45, 7) is 3.21. The third kappa shape index (κ3) is 3.37. The summed E-state index contributed by atoms with van der Waals surface area (Å²) in [5.74, 6) is 1.63. The van der Waals surface area contributed by atoms with Crippen LogP contribution in [0.25, 0.3) is 0 Å². The van der Waals surface area contributed by atoms with E-state index in [0.29, 0.717) is 17.3 Å². The van der Waals surface area contributed by atoms with Gasteiger partial charge in [0.05, 0.1) is 0 Å². The lowest BCUT2D eigenvalue weighted by Gasteiger charge is -2.26. The maximum atomic E-state index is 11.8. The molecule has 106 valence electrons. The van der Waals surface area contributed by atoms with Crippen molar-refractivity contribution in [1.29, 1.82) is 0 Å². The minimum Gasteiger partial charge on any atom is -0.382 e. The monoisotopic (exact) mass is 282 g/mol. The molecule has 0 bridgehead atoms. The highest BCUT2D eigenvalue weighted by Crippen LogP contribution is 2.31. The topological polar surface area (TPSA) is 80.0 Å². The number of nitrogens with two attached hydrogens (primary N) is 1. The summed E-state index contributed by atoms with van der Waals surface area (Å²) in [5.41, 5.74) is 6.23. The number of amides is 1. The standard InChI is InChI=1S/C13H22N4OS/c1-8-4-3-5-9(6-8)7-16-13-10(12(18)15-2)11(14)17-19-13/h8-9,16H,3-7H2,1-2H3,(H2,14,17)(H,15,18). The Morgan fingerprint density at radius 1 is 1.53 bits per heavy atom. The first-order valence-electron chi connectivity index (χ1n) is 6.83. The molecule has 2 atom stereocenters. The Morgan fingerprint density at radius 3 is 3.00 bits per heavy atom. The van der Waals surface area contributed by atoms with E-state index in [4.69, 9.17) is 5.73 Å². The third-order valence-electron chi connectivity index (χ3n) is 3.77. The van der Waals surface area contributed by atoms with Crippen LogP contribution in [-0.2, 0) is 0 Å². The van der Waals surface area contributed by atoms with Crippen molar-refractivity contribution in [3.8, 4) is 0 Å². The van der Waals surface area contributed by atoms with Crippen LogP contribution in [0.4, 0.5) is 10.8 Å². The van der Waals surface area contributed by atoms with E-state index in [0.717, 1.165) is 17.5 Å². The molecule has 1 amide bonds. The quantitative estimate of drug-likeness (QED) is 0.792. The molecule has 0 radical (unpaired) electrons. The van der Waals surface area contributed by atoms with Gasteiger partial charge in [-0.1, -0.05) is 19.8 Å². The molecule has 6 heteroatoms. The normalized spacial score (nSPS) is 23.1. The Morgan fingerprint density at radius 2 is 2.32 bits per heavy atom. The molecule has 5 nitrogen and oxygen atoms in total. The van der Waals surface area contributed by atoms with Gasteiger partial charge < -0.3 is 16.4 Å². The lowest BCUT2D eigenvalue weighted by molar-refractivity contribution is 0.0965. The zero-order valence-corrected chi connectivity index (χ0v) is 12.3. The Balaban J connectivity index is 1.97. The van der Waals surface area contributed by atoms with E-state index in [1.165, 1.54) is 37.2 Å². The van der Waals surface area contributed by atoms with Crippen LogP contribution in [0, 0.1) is 11.8 Å². The van der Waals surface area contributed by atoms with Gasteiger partial charge in [-0.05, 0) is 36.2 Å². The Kier molecular flexibility index (Phi) is 4.63. The summed E-state index contributed by atoms with van der Waals surface area (Å²) in [6.07, 6.45) is 5.17. The molecular formula is C13H22N4OS. The predicted octanol–water partition coefficient (Wildman–Crippen LogP) is 2.32. The third-order valence-corrected chi connectivity index (χ3v) is 4.59. The number of nitrogens with one attached hydrogen (secondary N) is 2. The fourth-order valence-electron chi connectivity index (χ4n) is 2.75. The zero-order valence-electron chi connectivity index (χ0n) is 11.5. The molecule has 2 unspecified atom stereocenters. The smallest absolute Gasteiger partial charge is 0.257 e. The molecule has 19 heavy (non-hydrogen) atoms. The number of carbonyl (C=O) groups is 1. The first-order valence-corrected chi connectivity index (χ1v) is 7.60. The Hall–Kier alpha value is -1.30. The number of nitrogens with zero attached hydrogens (tertiary/aromatic N) is 1. The van der Waals surface area contributed by atoms with Crippen LogP contribution >= 0.6 is 11.5 Å². The van der Waals surface area contributed by atoms with Crippen molar-refractivity contribution in [3.05, 3.63) is 5.56 Å². The highest BCUT2D eigenvalue weighted by molar-refractivity contribution is 7.11. The minimum atomic E-state index is -0.175. The van der Waals surface area contributed by atoms with E-state index in [-0.39, 0.29) is 5.91 Å². The fraction of sp³-hybridized carbons (Fsp3) is 0.692. The van der Waals surface area contributed by atoms with Gasteiger partial charge in [0.15, 0.2) is 5.82 Å². The number of carbonyl (C=O) groups excluding carboxylic acids is 1. The molecule has 2 rings (SSSR count). The first kappa shape index (κ1) is 14.1. The van der Waals surface area contributed by atoms with Crippen molar-refractivity contribution in [2.45, 2.75) is 32.6 Å². The van der Waals surface area contributed by atoms with Crippen LogP contribution in [0.3, 0.4) is 0 Å². The number of aromatic nitrogens is 1. The van der Waals surface area contributed by atoms with Crippen molar-refractivity contribution in [3.63, 3.8) is 0 Å². The number of hydrogen-bond donors (Lipinski definition) is 3. The second kappa shape index (κ2) is 6.23. The van der Waals surface area contributed by atoms with Gasteiger partial charge in [-0.25, -0.2) is 0 Å². The molecule has 0 aromatic carbocycles. The van der Waals surface area contributed by atoms with Crippen LogP contribution in [-0.4, -0.2) is 23.9 Å². The van der Waals surface area contributed by atoms with Crippen molar-refractivity contribution in [2.75, 3.05) is 24.6 Å². The van der Waals surface area contributed by atoms with Crippen LogP contribution in [0.2, 0.25) is 0 Å². The van der Waals surface area contributed by atoms with Crippen LogP contribution in [0.1, 0.15) is 43.0 Å². The largest absolute Gasteiger partial charge is 0.382 e. The van der Waals surface area contributed by atoms with Crippen LogP contribution in [0.5, 0.6) is 0 Å². The van der Waals surface area contributed by atoms with Gasteiger partial charge in [0.2, 0.25) is 0 Å². The van der Waals surface area contributed by atoms with Crippen molar-refractivity contribution >= 4 is 28.3 Å².